The molecule has 0 saturated carbocycles. The van der Waals surface area contributed by atoms with Crippen LogP contribution < -0.4 is 4.74 Å². The van der Waals surface area contributed by atoms with E-state index >= 15 is 0 Å². The molecule has 1 heterocycles. The van der Waals surface area contributed by atoms with Gasteiger partial charge in [-0.05, 0) is 47.7 Å². The van der Waals surface area contributed by atoms with Crippen molar-refractivity contribution in [3.63, 3.8) is 0 Å². The lowest BCUT2D eigenvalue weighted by molar-refractivity contribution is -0.384. The van der Waals surface area contributed by atoms with Crippen molar-refractivity contribution in [2.45, 2.75) is 0 Å². The van der Waals surface area contributed by atoms with Gasteiger partial charge in [0.2, 0.25) is 0 Å². The largest absolute Gasteiger partial charge is 0.492 e. The maximum absolute atomic E-state index is 12.8. The van der Waals surface area contributed by atoms with E-state index in [1.54, 1.807) is 6.07 Å². The number of nitro benzene ring substituents is 1. The molecular formula is C18H13FN2O5S. The molecule has 9 heteroatoms. The summed E-state index contributed by atoms with van der Waals surface area (Å²) in [5.74, 6) is -0.450. The Morgan fingerprint density at radius 2 is 1.93 bits per heavy atom. The molecule has 0 bridgehead atoms. The van der Waals surface area contributed by atoms with Crippen LogP contribution in [0.4, 0.5) is 14.9 Å². The number of nitrogens with zero attached hydrogens (tertiary/aromatic N) is 2. The van der Waals surface area contributed by atoms with Crippen LogP contribution >= 0.6 is 11.8 Å². The Hall–Kier alpha value is -3.20. The molecule has 1 saturated heterocycles. The zero-order chi connectivity index (χ0) is 19.4. The molecule has 1 fully saturated rings. The molecule has 2 amide bonds. The fourth-order valence-corrected chi connectivity index (χ4v) is 3.22. The summed E-state index contributed by atoms with van der Waals surface area (Å²) in [7, 11) is 0. The van der Waals surface area contributed by atoms with Crippen LogP contribution in [0.2, 0.25) is 0 Å². The van der Waals surface area contributed by atoms with Crippen molar-refractivity contribution in [1.82, 2.24) is 4.90 Å². The predicted octanol–water partition coefficient (Wildman–Crippen LogP) is 3.85. The predicted molar refractivity (Wildman–Crippen MR) is 97.7 cm³/mol. The van der Waals surface area contributed by atoms with Crippen molar-refractivity contribution in [3.05, 3.63) is 74.9 Å². The molecule has 0 spiro atoms. The van der Waals surface area contributed by atoms with E-state index in [1.807, 2.05) is 0 Å². The molecule has 138 valence electrons. The highest BCUT2D eigenvalue weighted by Gasteiger charge is 2.34. The highest BCUT2D eigenvalue weighted by atomic mass is 32.2. The van der Waals surface area contributed by atoms with E-state index in [0.29, 0.717) is 11.3 Å². The first-order valence-electron chi connectivity index (χ1n) is 7.82. The third kappa shape index (κ3) is 4.50. The molecule has 2 aromatic carbocycles. The number of carbonyl (C=O) groups is 2. The molecule has 2 aromatic rings. The Morgan fingerprint density at radius 3 is 2.63 bits per heavy atom. The Kier molecular flexibility index (Phi) is 5.51. The van der Waals surface area contributed by atoms with E-state index in [1.165, 1.54) is 48.5 Å². The van der Waals surface area contributed by atoms with Gasteiger partial charge in [0.05, 0.1) is 16.4 Å². The number of ether oxygens (including phenoxy) is 1. The second-order valence-corrected chi connectivity index (χ2v) is 6.48. The second kappa shape index (κ2) is 8.00. The van der Waals surface area contributed by atoms with Gasteiger partial charge < -0.3 is 4.74 Å². The van der Waals surface area contributed by atoms with Crippen LogP contribution in [0.15, 0.2) is 53.4 Å². The van der Waals surface area contributed by atoms with Crippen LogP contribution in [-0.2, 0) is 4.79 Å². The molecule has 0 atom stereocenters. The topological polar surface area (TPSA) is 89.8 Å². The number of rotatable bonds is 6. The summed E-state index contributed by atoms with van der Waals surface area (Å²) in [5, 5.41) is 10.4. The highest BCUT2D eigenvalue weighted by molar-refractivity contribution is 8.18. The van der Waals surface area contributed by atoms with Crippen LogP contribution in [0.25, 0.3) is 6.08 Å². The fourth-order valence-electron chi connectivity index (χ4n) is 2.36. The van der Waals surface area contributed by atoms with Gasteiger partial charge in [0.25, 0.3) is 16.8 Å². The van der Waals surface area contributed by atoms with E-state index in [9.17, 15) is 24.1 Å². The van der Waals surface area contributed by atoms with Gasteiger partial charge >= 0.3 is 0 Å². The van der Waals surface area contributed by atoms with Crippen molar-refractivity contribution >= 4 is 34.7 Å². The molecule has 7 nitrogen and oxygen atoms in total. The molecule has 0 aliphatic carbocycles. The van der Waals surface area contributed by atoms with Gasteiger partial charge in [-0.2, -0.15) is 0 Å². The van der Waals surface area contributed by atoms with Crippen LogP contribution in [0.1, 0.15) is 5.56 Å². The number of hydrogen-bond donors (Lipinski definition) is 0. The van der Waals surface area contributed by atoms with Crippen molar-refractivity contribution in [2.24, 2.45) is 0 Å². The summed E-state index contributed by atoms with van der Waals surface area (Å²) < 4.78 is 18.2. The summed E-state index contributed by atoms with van der Waals surface area (Å²) in [4.78, 5) is 36.0. The van der Waals surface area contributed by atoms with Gasteiger partial charge in [-0.25, -0.2) is 4.39 Å². The van der Waals surface area contributed by atoms with E-state index in [2.05, 4.69) is 0 Å². The lowest BCUT2D eigenvalue weighted by Gasteiger charge is -2.13. The lowest BCUT2D eigenvalue weighted by Crippen LogP contribution is -2.32. The smallest absolute Gasteiger partial charge is 0.293 e. The minimum absolute atomic E-state index is 0.0360. The molecule has 1 aliphatic heterocycles. The average molecular weight is 388 g/mol. The molecule has 0 N–H and O–H groups in total. The Morgan fingerprint density at radius 1 is 1.19 bits per heavy atom. The third-order valence-corrected chi connectivity index (χ3v) is 4.56. The molecule has 27 heavy (non-hydrogen) atoms. The number of benzene rings is 2. The van der Waals surface area contributed by atoms with Crippen LogP contribution in [0, 0.1) is 15.9 Å². The highest BCUT2D eigenvalue weighted by Crippen LogP contribution is 2.32. The van der Waals surface area contributed by atoms with Crippen molar-refractivity contribution < 1.29 is 23.6 Å². The summed E-state index contributed by atoms with van der Waals surface area (Å²) in [6.45, 7) is 0.0993. The maximum atomic E-state index is 12.8. The molecule has 0 aromatic heterocycles. The Labute approximate surface area is 157 Å². The minimum Gasteiger partial charge on any atom is -0.492 e. The van der Waals surface area contributed by atoms with Gasteiger partial charge in [-0.1, -0.05) is 12.1 Å². The summed E-state index contributed by atoms with van der Waals surface area (Å²) >= 11 is 0.763. The number of thioether (sulfide) groups is 1. The van der Waals surface area contributed by atoms with Crippen LogP contribution in [0.3, 0.4) is 0 Å². The van der Waals surface area contributed by atoms with Gasteiger partial charge in [-0.3, -0.25) is 24.6 Å². The standard InChI is InChI=1S/C18H13FN2O5S/c19-13-4-6-15(7-5-13)26-9-8-20-17(22)16(27-18(20)23)11-12-2-1-3-14(10-12)21(24)25/h1-7,10-11H,8-9H2/b16-11-. The zero-order valence-electron chi connectivity index (χ0n) is 13.8. The molecule has 0 radical (unpaired) electrons. The van der Waals surface area contributed by atoms with Crippen LogP contribution in [-0.4, -0.2) is 34.1 Å². The van der Waals surface area contributed by atoms with Gasteiger partial charge in [0.1, 0.15) is 18.2 Å². The third-order valence-electron chi connectivity index (χ3n) is 3.65. The number of carbonyl (C=O) groups excluding carboxylic acids is 2. The first-order valence-corrected chi connectivity index (χ1v) is 8.64. The normalized spacial score (nSPS) is 15.4. The van der Waals surface area contributed by atoms with Crippen molar-refractivity contribution in [2.75, 3.05) is 13.2 Å². The van der Waals surface area contributed by atoms with Gasteiger partial charge in [-0.15, -0.1) is 0 Å². The monoisotopic (exact) mass is 388 g/mol. The Bertz CT molecular complexity index is 930. The van der Waals surface area contributed by atoms with E-state index in [0.717, 1.165) is 16.7 Å². The summed E-state index contributed by atoms with van der Waals surface area (Å²) in [6, 6.07) is 11.2. The first-order chi connectivity index (χ1) is 12.9. The lowest BCUT2D eigenvalue weighted by atomic mass is 10.2. The van der Waals surface area contributed by atoms with Crippen LogP contribution in [0.5, 0.6) is 5.75 Å². The number of halogens is 1. The summed E-state index contributed by atoms with van der Waals surface area (Å²) in [6.07, 6.45) is 1.44. The molecule has 1 aliphatic rings. The first kappa shape index (κ1) is 18.6. The fraction of sp³-hybridized carbons (Fsp3) is 0.111. The Balaban J connectivity index is 1.65. The average Bonchev–Trinajstić information content (AvgIpc) is 2.91. The van der Waals surface area contributed by atoms with Gasteiger partial charge in [0, 0.05) is 12.1 Å². The number of nitro groups is 1. The van der Waals surface area contributed by atoms with Crippen molar-refractivity contribution in [3.8, 4) is 5.75 Å². The van der Waals surface area contributed by atoms with Crippen molar-refractivity contribution in [1.29, 1.82) is 0 Å². The van der Waals surface area contributed by atoms with Gasteiger partial charge in [0.15, 0.2) is 0 Å². The van der Waals surface area contributed by atoms with E-state index in [4.69, 9.17) is 4.74 Å². The minimum atomic E-state index is -0.532. The maximum Gasteiger partial charge on any atom is 0.293 e. The number of hydrogen-bond acceptors (Lipinski definition) is 6. The quantitative estimate of drug-likeness (QED) is 0.424. The molecular weight excluding hydrogens is 375 g/mol. The number of non-ortho nitro benzene ring substituents is 1. The van der Waals surface area contributed by atoms with E-state index < -0.39 is 16.1 Å². The molecule has 0 unspecified atom stereocenters. The summed E-state index contributed by atoms with van der Waals surface area (Å²) in [5.41, 5.74) is 0.355. The number of amides is 2. The molecule has 3 rings (SSSR count). The van der Waals surface area contributed by atoms with E-state index in [-0.39, 0.29) is 29.6 Å². The SMILES string of the molecule is O=C1S/C(=C\c2cccc([N+](=O)[O-])c2)C(=O)N1CCOc1ccc(F)cc1. The second-order valence-electron chi connectivity index (χ2n) is 5.49. The zero-order valence-corrected chi connectivity index (χ0v) is 14.6. The number of imide groups is 1.